The van der Waals surface area contributed by atoms with Gasteiger partial charge in [0.1, 0.15) is 6.33 Å². The Hall–Kier alpha value is -4.10. The number of nitrogens with zero attached hydrogens (tertiary/aromatic N) is 6. The maximum atomic E-state index is 15.8. The lowest BCUT2D eigenvalue weighted by molar-refractivity contribution is 0.385. The molecule has 190 valence electrons. The van der Waals surface area contributed by atoms with E-state index >= 15 is 4.39 Å². The molecule has 0 aliphatic rings. The van der Waals surface area contributed by atoms with E-state index in [-0.39, 0.29) is 33.1 Å². The Morgan fingerprint density at radius 3 is 2.68 bits per heavy atom. The van der Waals surface area contributed by atoms with Crippen molar-refractivity contribution in [1.29, 1.82) is 0 Å². The maximum absolute atomic E-state index is 15.8. The van der Waals surface area contributed by atoms with Crippen molar-refractivity contribution in [1.82, 2.24) is 29.5 Å². The van der Waals surface area contributed by atoms with Crippen LogP contribution in [0.2, 0.25) is 5.02 Å². The number of rotatable bonds is 7. The number of fused-ring (bicyclic) bond motifs is 3. The van der Waals surface area contributed by atoms with Crippen molar-refractivity contribution in [2.24, 2.45) is 0 Å². The van der Waals surface area contributed by atoms with Crippen LogP contribution in [0.5, 0.6) is 5.88 Å². The standard InChI is InChI=1S/C23H20ClFN8O3S/c1-12(2)29-23-27-9-13-7-16(21-31-28-11-33(21)20(13)30-23)15-5-4-6-17(19(15)25)32-37(34,35)18-8-14(24)10-26-22(18)36-3/h4-12,32H,1-3H3,(H,27,29,30). The third-order valence-electron chi connectivity index (χ3n) is 5.33. The Morgan fingerprint density at radius 1 is 1.11 bits per heavy atom. The average molecular weight is 543 g/mol. The number of nitrogens with one attached hydrogen (secondary N) is 2. The fourth-order valence-corrected chi connectivity index (χ4v) is 5.20. The van der Waals surface area contributed by atoms with Crippen LogP contribution in [0.3, 0.4) is 0 Å². The second kappa shape index (κ2) is 9.41. The Labute approximate surface area is 215 Å². The molecule has 5 aromatic rings. The molecule has 37 heavy (non-hydrogen) atoms. The lowest BCUT2D eigenvalue weighted by Crippen LogP contribution is -2.16. The van der Waals surface area contributed by atoms with Crippen molar-refractivity contribution in [3.05, 3.63) is 59.9 Å². The van der Waals surface area contributed by atoms with Crippen molar-refractivity contribution in [2.75, 3.05) is 17.1 Å². The highest BCUT2D eigenvalue weighted by Gasteiger charge is 2.24. The molecule has 14 heteroatoms. The topological polar surface area (TPSA) is 136 Å². The number of hydrogen-bond acceptors (Lipinski definition) is 9. The summed E-state index contributed by atoms with van der Waals surface area (Å²) in [6.45, 7) is 3.93. The molecule has 11 nitrogen and oxygen atoms in total. The van der Waals surface area contributed by atoms with E-state index in [2.05, 4.69) is 35.2 Å². The van der Waals surface area contributed by atoms with E-state index in [0.717, 1.165) is 0 Å². The zero-order valence-electron chi connectivity index (χ0n) is 19.8. The van der Waals surface area contributed by atoms with Gasteiger partial charge in [0.25, 0.3) is 10.0 Å². The molecule has 2 N–H and O–H groups in total. The minimum Gasteiger partial charge on any atom is -0.480 e. The SMILES string of the molecule is COc1ncc(Cl)cc1S(=O)(=O)Nc1cccc(-c2cc3cnc(NC(C)C)nc3n3cnnc23)c1F. The summed E-state index contributed by atoms with van der Waals surface area (Å²) in [7, 11) is -3.03. The van der Waals surface area contributed by atoms with Gasteiger partial charge in [0.15, 0.2) is 22.0 Å². The van der Waals surface area contributed by atoms with E-state index in [0.29, 0.717) is 28.2 Å². The van der Waals surface area contributed by atoms with E-state index in [1.165, 1.54) is 43.9 Å². The van der Waals surface area contributed by atoms with Crippen molar-refractivity contribution >= 4 is 49.9 Å². The first-order chi connectivity index (χ1) is 17.7. The van der Waals surface area contributed by atoms with E-state index in [1.807, 2.05) is 13.8 Å². The van der Waals surface area contributed by atoms with E-state index in [1.54, 1.807) is 16.7 Å². The van der Waals surface area contributed by atoms with Crippen LogP contribution in [0.15, 0.2) is 53.9 Å². The van der Waals surface area contributed by atoms with Crippen LogP contribution in [0.25, 0.3) is 27.8 Å². The molecule has 0 unspecified atom stereocenters. The predicted octanol–water partition coefficient (Wildman–Crippen LogP) is 4.16. The molecule has 5 rings (SSSR count). The first kappa shape index (κ1) is 24.6. The second-order valence-electron chi connectivity index (χ2n) is 8.29. The summed E-state index contributed by atoms with van der Waals surface area (Å²) >= 11 is 5.93. The van der Waals surface area contributed by atoms with Gasteiger partial charge in [-0.05, 0) is 32.0 Å². The van der Waals surface area contributed by atoms with Gasteiger partial charge < -0.3 is 10.1 Å². The normalized spacial score (nSPS) is 11.8. The van der Waals surface area contributed by atoms with Crippen LogP contribution in [0.1, 0.15) is 13.8 Å². The van der Waals surface area contributed by atoms with Crippen molar-refractivity contribution in [3.63, 3.8) is 0 Å². The molecule has 0 amide bonds. The molecule has 0 bridgehead atoms. The third-order valence-corrected chi connectivity index (χ3v) is 6.90. The number of benzene rings is 1. The Kier molecular flexibility index (Phi) is 6.25. The van der Waals surface area contributed by atoms with Gasteiger partial charge in [0.2, 0.25) is 11.8 Å². The first-order valence-electron chi connectivity index (χ1n) is 10.9. The molecule has 0 saturated carbocycles. The number of hydrogen-bond donors (Lipinski definition) is 2. The highest BCUT2D eigenvalue weighted by Crippen LogP contribution is 2.34. The quantitative estimate of drug-likeness (QED) is 0.310. The number of sulfonamides is 1. The molecular weight excluding hydrogens is 523 g/mol. The molecule has 4 aromatic heterocycles. The minimum atomic E-state index is -4.30. The van der Waals surface area contributed by atoms with Crippen LogP contribution >= 0.6 is 11.6 Å². The van der Waals surface area contributed by atoms with Crippen LogP contribution in [0.4, 0.5) is 16.0 Å². The molecule has 0 fully saturated rings. The van der Waals surface area contributed by atoms with E-state index in [9.17, 15) is 8.42 Å². The van der Waals surface area contributed by atoms with E-state index in [4.69, 9.17) is 16.3 Å². The number of halogens is 2. The Balaban J connectivity index is 1.61. The van der Waals surface area contributed by atoms with E-state index < -0.39 is 15.8 Å². The van der Waals surface area contributed by atoms with Gasteiger partial charge in [-0.2, -0.15) is 4.98 Å². The molecular formula is C23H20ClFN8O3S. The summed E-state index contributed by atoms with van der Waals surface area (Å²) in [5.41, 5.74) is 1.05. The Morgan fingerprint density at radius 2 is 1.92 bits per heavy atom. The van der Waals surface area contributed by atoms with Gasteiger partial charge in [-0.1, -0.05) is 23.7 Å². The summed E-state index contributed by atoms with van der Waals surface area (Å²) < 4.78 is 50.9. The third kappa shape index (κ3) is 4.58. The van der Waals surface area contributed by atoms with Gasteiger partial charge in [0, 0.05) is 34.9 Å². The smallest absolute Gasteiger partial charge is 0.267 e. The van der Waals surface area contributed by atoms with Crippen molar-refractivity contribution in [3.8, 4) is 17.0 Å². The zero-order valence-corrected chi connectivity index (χ0v) is 21.3. The molecule has 0 aliphatic carbocycles. The monoisotopic (exact) mass is 542 g/mol. The van der Waals surface area contributed by atoms with Crippen LogP contribution in [0, 0.1) is 5.82 Å². The largest absolute Gasteiger partial charge is 0.480 e. The summed E-state index contributed by atoms with van der Waals surface area (Å²) in [6.07, 6.45) is 4.32. The number of methoxy groups -OCH3 is 1. The lowest BCUT2D eigenvalue weighted by atomic mass is 10.0. The fraction of sp³-hybridized carbons (Fsp3) is 0.174. The molecule has 0 aliphatic heterocycles. The molecule has 4 heterocycles. The van der Waals surface area contributed by atoms with Gasteiger partial charge in [-0.15, -0.1) is 10.2 Å². The molecule has 0 atom stereocenters. The number of anilines is 2. The van der Waals surface area contributed by atoms with Gasteiger partial charge in [0.05, 0.1) is 17.8 Å². The summed E-state index contributed by atoms with van der Waals surface area (Å²) in [6, 6.07) is 7.31. The summed E-state index contributed by atoms with van der Waals surface area (Å²) in [5.74, 6) is -0.568. The first-order valence-corrected chi connectivity index (χ1v) is 12.8. The Bertz CT molecular complexity index is 1760. The van der Waals surface area contributed by atoms with Crippen LogP contribution in [-0.2, 0) is 10.0 Å². The van der Waals surface area contributed by atoms with Gasteiger partial charge in [-0.3, -0.25) is 9.12 Å². The number of pyridine rings is 2. The zero-order chi connectivity index (χ0) is 26.3. The average Bonchev–Trinajstić information content (AvgIpc) is 3.35. The van der Waals surface area contributed by atoms with Crippen LogP contribution in [-0.4, -0.2) is 51.1 Å². The summed E-state index contributed by atoms with van der Waals surface area (Å²) in [5, 5.41) is 11.9. The molecule has 1 aromatic carbocycles. The molecule has 0 radical (unpaired) electrons. The summed E-state index contributed by atoms with van der Waals surface area (Å²) in [4.78, 5) is 12.4. The highest BCUT2D eigenvalue weighted by molar-refractivity contribution is 7.92. The molecule has 0 saturated heterocycles. The van der Waals surface area contributed by atoms with Crippen LogP contribution < -0.4 is 14.8 Å². The predicted molar refractivity (Wildman–Crippen MR) is 137 cm³/mol. The number of ether oxygens (including phenoxy) is 1. The van der Waals surface area contributed by atoms with Gasteiger partial charge in [-0.25, -0.2) is 22.8 Å². The minimum absolute atomic E-state index is 0.0785. The lowest BCUT2D eigenvalue weighted by Gasteiger charge is -2.14. The maximum Gasteiger partial charge on any atom is 0.267 e. The fourth-order valence-electron chi connectivity index (χ4n) is 3.77. The van der Waals surface area contributed by atoms with Crippen molar-refractivity contribution in [2.45, 2.75) is 24.8 Å². The number of aromatic nitrogens is 6. The van der Waals surface area contributed by atoms with Gasteiger partial charge >= 0.3 is 0 Å². The molecule has 0 spiro atoms. The second-order valence-corrected chi connectivity index (χ2v) is 10.4. The van der Waals surface area contributed by atoms with Crippen molar-refractivity contribution < 1.29 is 17.5 Å². The highest BCUT2D eigenvalue weighted by atomic mass is 35.5.